The van der Waals surface area contributed by atoms with Crippen LogP contribution in [0.5, 0.6) is 5.75 Å². The van der Waals surface area contributed by atoms with Gasteiger partial charge in [-0.05, 0) is 44.9 Å². The molecule has 0 radical (unpaired) electrons. The van der Waals surface area contributed by atoms with Gasteiger partial charge in [0.1, 0.15) is 5.75 Å². The van der Waals surface area contributed by atoms with Gasteiger partial charge in [0.2, 0.25) is 0 Å². The number of likely N-dealkylation sites (tertiary alicyclic amines) is 1. The fourth-order valence-electron chi connectivity index (χ4n) is 2.84. The molecule has 0 saturated carbocycles. The van der Waals surface area contributed by atoms with Crippen LogP contribution in [-0.4, -0.2) is 48.6 Å². The summed E-state index contributed by atoms with van der Waals surface area (Å²) in [6.07, 6.45) is 1.02. The number of amides is 2. The highest BCUT2D eigenvalue weighted by atomic mass is 16.5. The Kier molecular flexibility index (Phi) is 4.76. The zero-order valence-corrected chi connectivity index (χ0v) is 13.7. The minimum atomic E-state index is 0.133. The molecule has 0 N–H and O–H groups in total. The standard InChI is InChI=1S/C17H26N2O2/c1-12(2)18(4)17(20)19-11-15(10-13(19)3)14-6-8-16(21-5)9-7-14/h6-9,12-13,15H,10-11H2,1-5H3. The second kappa shape index (κ2) is 6.37. The molecule has 1 aromatic carbocycles. The van der Waals surface area contributed by atoms with E-state index in [1.54, 1.807) is 7.11 Å². The lowest BCUT2D eigenvalue weighted by molar-refractivity contribution is 0.150. The molecule has 0 aliphatic carbocycles. The predicted octanol–water partition coefficient (Wildman–Crippen LogP) is 3.33. The third-order valence-electron chi connectivity index (χ3n) is 4.48. The first-order valence-corrected chi connectivity index (χ1v) is 7.61. The molecule has 116 valence electrons. The van der Waals surface area contributed by atoms with Crippen molar-refractivity contribution in [3.05, 3.63) is 29.8 Å². The van der Waals surface area contributed by atoms with Crippen LogP contribution in [0.3, 0.4) is 0 Å². The summed E-state index contributed by atoms with van der Waals surface area (Å²) in [5.74, 6) is 1.28. The summed E-state index contributed by atoms with van der Waals surface area (Å²) in [4.78, 5) is 16.3. The summed E-state index contributed by atoms with van der Waals surface area (Å²) in [6.45, 7) is 7.01. The van der Waals surface area contributed by atoms with Crippen molar-refractivity contribution in [2.45, 2.75) is 45.2 Å². The van der Waals surface area contributed by atoms with Crippen LogP contribution in [-0.2, 0) is 0 Å². The number of ether oxygens (including phenoxy) is 1. The molecule has 2 amide bonds. The molecule has 0 spiro atoms. The third-order valence-corrected chi connectivity index (χ3v) is 4.48. The lowest BCUT2D eigenvalue weighted by Gasteiger charge is -2.30. The van der Waals surface area contributed by atoms with E-state index in [1.165, 1.54) is 5.56 Å². The Balaban J connectivity index is 2.08. The second-order valence-electron chi connectivity index (χ2n) is 6.19. The summed E-state index contributed by atoms with van der Waals surface area (Å²) in [5.41, 5.74) is 1.28. The Morgan fingerprint density at radius 2 is 1.95 bits per heavy atom. The Morgan fingerprint density at radius 3 is 2.48 bits per heavy atom. The molecular weight excluding hydrogens is 264 g/mol. The van der Waals surface area contributed by atoms with E-state index >= 15 is 0 Å². The minimum Gasteiger partial charge on any atom is -0.497 e. The van der Waals surface area contributed by atoms with Gasteiger partial charge in [0.15, 0.2) is 0 Å². The number of hydrogen-bond donors (Lipinski definition) is 0. The van der Waals surface area contributed by atoms with Crippen LogP contribution in [0, 0.1) is 0 Å². The van der Waals surface area contributed by atoms with Gasteiger partial charge in [-0.2, -0.15) is 0 Å². The fourth-order valence-corrected chi connectivity index (χ4v) is 2.84. The van der Waals surface area contributed by atoms with E-state index in [2.05, 4.69) is 19.1 Å². The smallest absolute Gasteiger partial charge is 0.320 e. The Labute approximate surface area is 127 Å². The van der Waals surface area contributed by atoms with Crippen LogP contribution in [0.25, 0.3) is 0 Å². The van der Waals surface area contributed by atoms with E-state index in [4.69, 9.17) is 4.74 Å². The first kappa shape index (κ1) is 15.7. The van der Waals surface area contributed by atoms with Gasteiger partial charge in [0.05, 0.1) is 7.11 Å². The molecule has 2 unspecified atom stereocenters. The highest BCUT2D eigenvalue weighted by Crippen LogP contribution is 2.33. The molecule has 1 aliphatic rings. The van der Waals surface area contributed by atoms with Gasteiger partial charge in [-0.25, -0.2) is 4.79 Å². The van der Waals surface area contributed by atoms with Crippen molar-refractivity contribution in [2.75, 3.05) is 20.7 Å². The van der Waals surface area contributed by atoms with Gasteiger partial charge >= 0.3 is 6.03 Å². The summed E-state index contributed by atoms with van der Waals surface area (Å²) in [7, 11) is 3.55. The Bertz CT molecular complexity index is 484. The molecule has 1 fully saturated rings. The highest BCUT2D eigenvalue weighted by molar-refractivity contribution is 5.75. The molecular formula is C17H26N2O2. The summed E-state index contributed by atoms with van der Waals surface area (Å²) in [6, 6.07) is 8.84. The summed E-state index contributed by atoms with van der Waals surface area (Å²) in [5, 5.41) is 0. The summed E-state index contributed by atoms with van der Waals surface area (Å²) < 4.78 is 5.20. The van der Waals surface area contributed by atoms with Crippen LogP contribution >= 0.6 is 0 Å². The van der Waals surface area contributed by atoms with Crippen molar-refractivity contribution < 1.29 is 9.53 Å². The number of benzene rings is 1. The van der Waals surface area contributed by atoms with E-state index in [-0.39, 0.29) is 18.1 Å². The molecule has 0 bridgehead atoms. The number of carbonyl (C=O) groups excluding carboxylic acids is 1. The van der Waals surface area contributed by atoms with E-state index in [0.29, 0.717) is 5.92 Å². The maximum Gasteiger partial charge on any atom is 0.320 e. The molecule has 2 atom stereocenters. The zero-order chi connectivity index (χ0) is 15.6. The van der Waals surface area contributed by atoms with Crippen molar-refractivity contribution in [3.63, 3.8) is 0 Å². The fraction of sp³-hybridized carbons (Fsp3) is 0.588. The topological polar surface area (TPSA) is 32.8 Å². The average molecular weight is 290 g/mol. The van der Waals surface area contributed by atoms with Crippen LogP contribution in [0.1, 0.15) is 38.7 Å². The van der Waals surface area contributed by atoms with Crippen LogP contribution in [0.4, 0.5) is 4.79 Å². The first-order valence-electron chi connectivity index (χ1n) is 7.61. The van der Waals surface area contributed by atoms with E-state index < -0.39 is 0 Å². The van der Waals surface area contributed by atoms with E-state index in [1.807, 2.05) is 42.8 Å². The molecule has 1 aliphatic heterocycles. The number of urea groups is 1. The van der Waals surface area contributed by atoms with Crippen molar-refractivity contribution in [3.8, 4) is 5.75 Å². The van der Waals surface area contributed by atoms with Crippen molar-refractivity contribution >= 4 is 6.03 Å². The van der Waals surface area contributed by atoms with Crippen molar-refractivity contribution in [2.24, 2.45) is 0 Å². The van der Waals surface area contributed by atoms with Gasteiger partial charge in [-0.1, -0.05) is 12.1 Å². The SMILES string of the molecule is COc1ccc(C2CC(C)N(C(=O)N(C)C(C)C)C2)cc1. The second-order valence-corrected chi connectivity index (χ2v) is 6.19. The summed E-state index contributed by atoms with van der Waals surface area (Å²) >= 11 is 0. The highest BCUT2D eigenvalue weighted by Gasteiger charge is 2.34. The van der Waals surface area contributed by atoms with Crippen LogP contribution < -0.4 is 4.74 Å². The maximum atomic E-state index is 12.5. The molecule has 0 aromatic heterocycles. The molecule has 2 rings (SSSR count). The Hall–Kier alpha value is -1.71. The molecule has 4 heteroatoms. The Morgan fingerprint density at radius 1 is 1.33 bits per heavy atom. The monoisotopic (exact) mass is 290 g/mol. The third kappa shape index (κ3) is 3.31. The lowest BCUT2D eigenvalue weighted by Crippen LogP contribution is -2.45. The maximum absolute atomic E-state index is 12.5. The molecule has 4 nitrogen and oxygen atoms in total. The zero-order valence-electron chi connectivity index (χ0n) is 13.7. The van der Waals surface area contributed by atoms with Crippen molar-refractivity contribution in [1.29, 1.82) is 0 Å². The molecule has 21 heavy (non-hydrogen) atoms. The number of carbonyl (C=O) groups is 1. The van der Waals surface area contributed by atoms with Gasteiger partial charge in [0, 0.05) is 31.6 Å². The van der Waals surface area contributed by atoms with Crippen LogP contribution in [0.2, 0.25) is 0 Å². The first-order chi connectivity index (χ1) is 9.93. The normalized spacial score (nSPS) is 21.7. The molecule has 1 saturated heterocycles. The van der Waals surface area contributed by atoms with E-state index in [0.717, 1.165) is 18.7 Å². The van der Waals surface area contributed by atoms with Gasteiger partial charge in [0.25, 0.3) is 0 Å². The minimum absolute atomic E-state index is 0.133. The van der Waals surface area contributed by atoms with E-state index in [9.17, 15) is 4.79 Å². The number of nitrogens with zero attached hydrogens (tertiary/aromatic N) is 2. The van der Waals surface area contributed by atoms with Gasteiger partial charge in [-0.3, -0.25) is 0 Å². The average Bonchev–Trinajstić information content (AvgIpc) is 2.87. The lowest BCUT2D eigenvalue weighted by atomic mass is 9.97. The predicted molar refractivity (Wildman–Crippen MR) is 84.8 cm³/mol. The molecule has 1 aromatic rings. The quantitative estimate of drug-likeness (QED) is 0.855. The molecule has 1 heterocycles. The van der Waals surface area contributed by atoms with Crippen molar-refractivity contribution in [1.82, 2.24) is 9.80 Å². The van der Waals surface area contributed by atoms with Gasteiger partial charge in [-0.15, -0.1) is 0 Å². The number of hydrogen-bond acceptors (Lipinski definition) is 2. The largest absolute Gasteiger partial charge is 0.497 e. The number of methoxy groups -OCH3 is 1. The van der Waals surface area contributed by atoms with Crippen LogP contribution in [0.15, 0.2) is 24.3 Å². The number of rotatable bonds is 3. The van der Waals surface area contributed by atoms with Gasteiger partial charge < -0.3 is 14.5 Å².